The predicted molar refractivity (Wildman–Crippen MR) is 74.3 cm³/mol. The van der Waals surface area contributed by atoms with Crippen molar-refractivity contribution in [2.24, 2.45) is 0 Å². The number of aryl methyl sites for hydroxylation is 1. The molecule has 2 N–H and O–H groups in total. The lowest BCUT2D eigenvalue weighted by molar-refractivity contribution is 0.104. The topological polar surface area (TPSA) is 57.5 Å². The number of rotatable bonds is 3. The first-order chi connectivity index (χ1) is 9.06. The molecule has 0 atom stereocenters. The van der Waals surface area contributed by atoms with Crippen LogP contribution in [0.2, 0.25) is 0 Å². The number of hydrogen-bond donors (Lipinski definition) is 2. The van der Waals surface area contributed by atoms with Gasteiger partial charge in [-0.05, 0) is 48.4 Å². The summed E-state index contributed by atoms with van der Waals surface area (Å²) in [4.78, 5) is 11.9. The lowest BCUT2D eigenvalue weighted by atomic mass is 10.1. The molecule has 2 aromatic rings. The number of benzene rings is 2. The fraction of sp³-hybridized carbons (Fsp3) is 0.0625. The summed E-state index contributed by atoms with van der Waals surface area (Å²) in [7, 11) is 0. The number of aromatic hydroxyl groups is 2. The first kappa shape index (κ1) is 12.9. The minimum atomic E-state index is -0.259. The molecule has 0 saturated carbocycles. The molecule has 0 aliphatic carbocycles. The van der Waals surface area contributed by atoms with Crippen molar-refractivity contribution in [1.82, 2.24) is 0 Å². The Morgan fingerprint density at radius 1 is 1.05 bits per heavy atom. The predicted octanol–water partition coefficient (Wildman–Crippen LogP) is 3.30. The molecule has 0 unspecified atom stereocenters. The molecule has 3 heteroatoms. The van der Waals surface area contributed by atoms with Crippen LogP contribution in [0, 0.1) is 6.92 Å². The number of phenolic OH excluding ortho intramolecular Hbond substituents is 2. The van der Waals surface area contributed by atoms with Crippen LogP contribution in [0.15, 0.2) is 48.5 Å². The molecule has 0 aromatic heterocycles. The van der Waals surface area contributed by atoms with E-state index in [-0.39, 0.29) is 22.8 Å². The molecule has 0 spiro atoms. The highest BCUT2D eigenvalue weighted by atomic mass is 16.3. The summed E-state index contributed by atoms with van der Waals surface area (Å²) in [5, 5.41) is 18.9. The number of allylic oxidation sites excluding steroid dienone is 1. The highest BCUT2D eigenvalue weighted by Gasteiger charge is 2.07. The highest BCUT2D eigenvalue weighted by molar-refractivity contribution is 6.08. The number of carbonyl (C=O) groups excluding carboxylic acids is 1. The van der Waals surface area contributed by atoms with Crippen LogP contribution in [0.3, 0.4) is 0 Å². The molecule has 0 heterocycles. The van der Waals surface area contributed by atoms with E-state index in [9.17, 15) is 9.90 Å². The molecule has 96 valence electrons. The Morgan fingerprint density at radius 2 is 1.74 bits per heavy atom. The van der Waals surface area contributed by atoms with E-state index >= 15 is 0 Å². The second-order valence-electron chi connectivity index (χ2n) is 4.31. The molecule has 19 heavy (non-hydrogen) atoms. The van der Waals surface area contributed by atoms with Gasteiger partial charge >= 0.3 is 0 Å². The lowest BCUT2D eigenvalue weighted by Crippen LogP contribution is -1.95. The Morgan fingerprint density at radius 3 is 2.37 bits per heavy atom. The van der Waals surface area contributed by atoms with Gasteiger partial charge in [0.05, 0.1) is 5.56 Å². The van der Waals surface area contributed by atoms with Crippen molar-refractivity contribution in [2.45, 2.75) is 6.92 Å². The molecular formula is C16H14O3. The smallest absolute Gasteiger partial charge is 0.189 e. The number of phenols is 2. The van der Waals surface area contributed by atoms with Crippen molar-refractivity contribution >= 4 is 11.9 Å². The van der Waals surface area contributed by atoms with Gasteiger partial charge in [-0.3, -0.25) is 4.79 Å². The SMILES string of the molecule is Cc1ccc(C(=O)/C=C/c2ccc(O)cc2)c(O)c1. The van der Waals surface area contributed by atoms with E-state index < -0.39 is 0 Å². The zero-order valence-electron chi connectivity index (χ0n) is 10.5. The average Bonchev–Trinajstić information content (AvgIpc) is 2.37. The summed E-state index contributed by atoms with van der Waals surface area (Å²) >= 11 is 0. The van der Waals surface area contributed by atoms with Crippen LogP contribution in [0.5, 0.6) is 11.5 Å². The molecule has 3 nitrogen and oxygen atoms in total. The quantitative estimate of drug-likeness (QED) is 0.652. The first-order valence-corrected chi connectivity index (χ1v) is 5.87. The third-order valence-electron chi connectivity index (χ3n) is 2.74. The zero-order chi connectivity index (χ0) is 13.8. The van der Waals surface area contributed by atoms with Crippen LogP contribution in [0.4, 0.5) is 0 Å². The molecule has 0 bridgehead atoms. The summed E-state index contributed by atoms with van der Waals surface area (Å²) < 4.78 is 0. The Hall–Kier alpha value is -2.55. The van der Waals surface area contributed by atoms with E-state index in [1.54, 1.807) is 48.5 Å². The van der Waals surface area contributed by atoms with E-state index in [1.807, 2.05) is 6.92 Å². The lowest BCUT2D eigenvalue weighted by Gasteiger charge is -2.01. The number of carbonyl (C=O) groups is 1. The number of hydrogen-bond acceptors (Lipinski definition) is 3. The molecule has 2 rings (SSSR count). The minimum absolute atomic E-state index is 0.0136. The third kappa shape index (κ3) is 3.22. The van der Waals surface area contributed by atoms with Crippen LogP contribution in [0.25, 0.3) is 6.08 Å². The van der Waals surface area contributed by atoms with Crippen LogP contribution in [-0.2, 0) is 0 Å². The second-order valence-corrected chi connectivity index (χ2v) is 4.31. The van der Waals surface area contributed by atoms with Gasteiger partial charge in [-0.1, -0.05) is 24.3 Å². The fourth-order valence-electron chi connectivity index (χ4n) is 1.70. The van der Waals surface area contributed by atoms with Gasteiger partial charge in [0, 0.05) is 0 Å². The molecule has 0 saturated heterocycles. The van der Waals surface area contributed by atoms with Crippen molar-refractivity contribution in [2.75, 3.05) is 0 Å². The van der Waals surface area contributed by atoms with Crippen LogP contribution in [0.1, 0.15) is 21.5 Å². The third-order valence-corrected chi connectivity index (χ3v) is 2.74. The van der Waals surface area contributed by atoms with E-state index in [4.69, 9.17) is 5.11 Å². The van der Waals surface area contributed by atoms with E-state index in [0.29, 0.717) is 0 Å². The van der Waals surface area contributed by atoms with Gasteiger partial charge in [0.25, 0.3) is 0 Å². The van der Waals surface area contributed by atoms with Gasteiger partial charge < -0.3 is 10.2 Å². The monoisotopic (exact) mass is 254 g/mol. The van der Waals surface area contributed by atoms with Gasteiger partial charge in [-0.15, -0.1) is 0 Å². The van der Waals surface area contributed by atoms with E-state index in [0.717, 1.165) is 11.1 Å². The highest BCUT2D eigenvalue weighted by Crippen LogP contribution is 2.20. The fourth-order valence-corrected chi connectivity index (χ4v) is 1.70. The largest absolute Gasteiger partial charge is 0.508 e. The minimum Gasteiger partial charge on any atom is -0.508 e. The van der Waals surface area contributed by atoms with Crippen molar-refractivity contribution in [3.8, 4) is 11.5 Å². The Balaban J connectivity index is 2.18. The van der Waals surface area contributed by atoms with Crippen molar-refractivity contribution < 1.29 is 15.0 Å². The zero-order valence-corrected chi connectivity index (χ0v) is 10.5. The van der Waals surface area contributed by atoms with Gasteiger partial charge in [0.2, 0.25) is 0 Å². The van der Waals surface area contributed by atoms with Crippen LogP contribution in [-0.4, -0.2) is 16.0 Å². The Kier molecular flexibility index (Phi) is 3.66. The van der Waals surface area contributed by atoms with Gasteiger partial charge in [0.1, 0.15) is 11.5 Å². The van der Waals surface area contributed by atoms with Gasteiger partial charge in [-0.2, -0.15) is 0 Å². The summed E-state index contributed by atoms with van der Waals surface area (Å²) in [5.41, 5.74) is 1.98. The summed E-state index contributed by atoms with van der Waals surface area (Å²) in [6.07, 6.45) is 3.04. The Bertz CT molecular complexity index is 625. The summed E-state index contributed by atoms with van der Waals surface area (Å²) in [6.45, 7) is 1.85. The van der Waals surface area contributed by atoms with E-state index in [1.165, 1.54) is 6.08 Å². The van der Waals surface area contributed by atoms with Gasteiger partial charge in [-0.25, -0.2) is 0 Å². The molecule has 0 aliphatic heterocycles. The van der Waals surface area contributed by atoms with Crippen molar-refractivity contribution in [3.63, 3.8) is 0 Å². The van der Waals surface area contributed by atoms with Crippen molar-refractivity contribution in [1.29, 1.82) is 0 Å². The summed E-state index contributed by atoms with van der Waals surface area (Å²) in [5.74, 6) is -0.0920. The first-order valence-electron chi connectivity index (χ1n) is 5.87. The molecule has 0 amide bonds. The number of ketones is 1. The molecular weight excluding hydrogens is 240 g/mol. The normalized spacial score (nSPS) is 10.8. The van der Waals surface area contributed by atoms with E-state index in [2.05, 4.69) is 0 Å². The maximum absolute atomic E-state index is 11.9. The average molecular weight is 254 g/mol. The molecule has 0 aliphatic rings. The summed E-state index contributed by atoms with van der Waals surface area (Å²) in [6, 6.07) is 11.4. The maximum atomic E-state index is 11.9. The van der Waals surface area contributed by atoms with Crippen LogP contribution < -0.4 is 0 Å². The van der Waals surface area contributed by atoms with Crippen molar-refractivity contribution in [3.05, 3.63) is 65.2 Å². The molecule has 0 fully saturated rings. The maximum Gasteiger partial charge on any atom is 0.189 e. The standard InChI is InChI=1S/C16H14O3/c1-11-2-8-14(16(19)10-11)15(18)9-5-12-3-6-13(17)7-4-12/h2-10,17,19H,1H3/b9-5+. The van der Waals surface area contributed by atoms with Gasteiger partial charge in [0.15, 0.2) is 5.78 Å². The molecule has 0 radical (unpaired) electrons. The van der Waals surface area contributed by atoms with Crippen LogP contribution >= 0.6 is 0 Å². The molecule has 2 aromatic carbocycles. The second kappa shape index (κ2) is 5.40. The Labute approximate surface area is 111 Å².